The average Bonchev–Trinajstić information content (AvgIpc) is 3.14. The van der Waals surface area contributed by atoms with Crippen LogP contribution in [0.3, 0.4) is 0 Å². The lowest BCUT2D eigenvalue weighted by Crippen LogP contribution is -2.30. The van der Waals surface area contributed by atoms with Crippen LogP contribution in [0.15, 0.2) is 73.3 Å². The molecule has 0 bridgehead atoms. The molecule has 3 aromatic rings. The van der Waals surface area contributed by atoms with Crippen molar-refractivity contribution in [2.75, 3.05) is 0 Å². The quantitative estimate of drug-likeness (QED) is 0.292. The summed E-state index contributed by atoms with van der Waals surface area (Å²) in [4.78, 5) is 0. The van der Waals surface area contributed by atoms with Crippen molar-refractivity contribution in [1.29, 1.82) is 0 Å². The van der Waals surface area contributed by atoms with Gasteiger partial charge in [0.25, 0.3) is 0 Å². The first kappa shape index (κ1) is 17.2. The van der Waals surface area contributed by atoms with Gasteiger partial charge in [-0.05, 0) is 36.1 Å². The summed E-state index contributed by atoms with van der Waals surface area (Å²) in [5, 5.41) is 0. The highest BCUT2D eigenvalue weighted by molar-refractivity contribution is 5.69. The lowest BCUT2D eigenvalue weighted by Gasteiger charge is -1.98. The number of rotatable bonds is 8. The number of hydrogen-bond acceptors (Lipinski definition) is 0. The number of benzene rings is 2. The third kappa shape index (κ3) is 5.18. The zero-order valence-corrected chi connectivity index (χ0v) is 15.0. The number of aryl methyl sites for hydroxylation is 1. The monoisotopic (exact) mass is 331 g/mol. The predicted molar refractivity (Wildman–Crippen MR) is 105 cm³/mol. The molecule has 0 aliphatic heterocycles. The molecule has 0 unspecified atom stereocenters. The van der Waals surface area contributed by atoms with Crippen molar-refractivity contribution in [3.63, 3.8) is 0 Å². The van der Waals surface area contributed by atoms with Crippen molar-refractivity contribution in [1.82, 2.24) is 4.57 Å². The van der Waals surface area contributed by atoms with Crippen LogP contribution >= 0.6 is 0 Å². The zero-order chi connectivity index (χ0) is 17.3. The molecule has 0 amide bonds. The molecule has 2 aromatic carbocycles. The maximum Gasteiger partial charge on any atom is 0.248 e. The first-order chi connectivity index (χ1) is 12.3. The summed E-state index contributed by atoms with van der Waals surface area (Å²) in [5.41, 5.74) is 3.64. The summed E-state index contributed by atoms with van der Waals surface area (Å²) in [6.45, 7) is 3.35. The normalized spacial score (nSPS) is 11.2. The summed E-state index contributed by atoms with van der Waals surface area (Å²) in [6, 6.07) is 19.1. The van der Waals surface area contributed by atoms with Crippen molar-refractivity contribution in [3.8, 4) is 5.69 Å². The second-order valence-electron chi connectivity index (χ2n) is 6.45. The molecule has 2 nitrogen and oxygen atoms in total. The van der Waals surface area contributed by atoms with Crippen molar-refractivity contribution >= 4 is 12.2 Å². The Morgan fingerprint density at radius 1 is 0.840 bits per heavy atom. The van der Waals surface area contributed by atoms with Gasteiger partial charge < -0.3 is 0 Å². The minimum absolute atomic E-state index is 1.10. The molecule has 0 saturated carbocycles. The van der Waals surface area contributed by atoms with Crippen LogP contribution in [0.25, 0.3) is 17.8 Å². The average molecular weight is 331 g/mol. The molecule has 128 valence electrons. The number of imidazole rings is 1. The van der Waals surface area contributed by atoms with E-state index in [1.165, 1.54) is 42.5 Å². The van der Waals surface area contributed by atoms with Gasteiger partial charge in [-0.1, -0.05) is 74.4 Å². The largest absolute Gasteiger partial charge is 0.248 e. The van der Waals surface area contributed by atoms with E-state index in [-0.39, 0.29) is 0 Å². The number of hydrogen-bond donors (Lipinski definition) is 0. The number of unbranched alkanes of at least 4 members (excludes halogenated alkanes) is 3. The molecule has 0 N–H and O–H groups in total. The fraction of sp³-hybridized carbons (Fsp3) is 0.261. The van der Waals surface area contributed by atoms with Crippen molar-refractivity contribution in [2.24, 2.45) is 0 Å². The second-order valence-corrected chi connectivity index (χ2v) is 6.45. The predicted octanol–water partition coefficient (Wildman–Crippen LogP) is 5.52. The molecule has 1 heterocycles. The highest BCUT2D eigenvalue weighted by Crippen LogP contribution is 2.12. The highest BCUT2D eigenvalue weighted by Gasteiger charge is 2.06. The SMILES string of the molecule is CCCCCC[n+]1ccn(-c2ccc(/C=C\c3ccccc3)cc2)c1. The fourth-order valence-electron chi connectivity index (χ4n) is 2.91. The molecule has 0 saturated heterocycles. The molecule has 0 spiro atoms. The molecule has 3 rings (SSSR count). The lowest BCUT2D eigenvalue weighted by molar-refractivity contribution is -0.696. The first-order valence-electron chi connectivity index (χ1n) is 9.26. The highest BCUT2D eigenvalue weighted by atomic mass is 15.1. The Labute approximate surface area is 151 Å². The lowest BCUT2D eigenvalue weighted by atomic mass is 10.1. The van der Waals surface area contributed by atoms with E-state index >= 15 is 0 Å². The second kappa shape index (κ2) is 9.03. The standard InChI is InChI=1S/C23H27N2/c1-2-3-4-8-17-24-18-19-25(20-24)23-15-13-22(14-16-23)12-11-21-9-6-5-7-10-21/h5-7,9-16,18-20H,2-4,8,17H2,1H3/q+1/b12-11-. The van der Waals surface area contributed by atoms with Gasteiger partial charge in [0, 0.05) is 0 Å². The van der Waals surface area contributed by atoms with E-state index in [9.17, 15) is 0 Å². The van der Waals surface area contributed by atoms with Crippen LogP contribution in [0, 0.1) is 0 Å². The molecule has 0 aliphatic carbocycles. The summed E-state index contributed by atoms with van der Waals surface area (Å²) in [7, 11) is 0. The van der Waals surface area contributed by atoms with Crippen molar-refractivity contribution in [3.05, 3.63) is 84.4 Å². The smallest absolute Gasteiger partial charge is 0.236 e. The molecule has 1 aromatic heterocycles. The zero-order valence-electron chi connectivity index (χ0n) is 15.0. The molecule has 0 fully saturated rings. The topological polar surface area (TPSA) is 8.81 Å². The Kier molecular flexibility index (Phi) is 6.22. The van der Waals surface area contributed by atoms with E-state index in [1.807, 2.05) is 6.07 Å². The maximum atomic E-state index is 2.28. The summed E-state index contributed by atoms with van der Waals surface area (Å²) in [5.74, 6) is 0. The minimum Gasteiger partial charge on any atom is -0.236 e. The van der Waals surface area contributed by atoms with Gasteiger partial charge in [-0.2, -0.15) is 0 Å². The van der Waals surface area contributed by atoms with Crippen molar-refractivity contribution < 1.29 is 4.57 Å². The number of nitrogens with zero attached hydrogens (tertiary/aromatic N) is 2. The van der Waals surface area contributed by atoms with E-state index < -0.39 is 0 Å². The van der Waals surface area contributed by atoms with Crippen LogP contribution in [-0.4, -0.2) is 4.57 Å². The fourth-order valence-corrected chi connectivity index (χ4v) is 2.91. The first-order valence-corrected chi connectivity index (χ1v) is 9.26. The van der Waals surface area contributed by atoms with E-state index in [1.54, 1.807) is 0 Å². The van der Waals surface area contributed by atoms with Gasteiger partial charge >= 0.3 is 0 Å². The summed E-state index contributed by atoms with van der Waals surface area (Å²) < 4.78 is 4.46. The van der Waals surface area contributed by atoms with E-state index in [4.69, 9.17) is 0 Å². The summed E-state index contributed by atoms with van der Waals surface area (Å²) >= 11 is 0. The van der Waals surface area contributed by atoms with Gasteiger partial charge in [0.05, 0.1) is 6.54 Å². The van der Waals surface area contributed by atoms with Gasteiger partial charge in [-0.15, -0.1) is 0 Å². The van der Waals surface area contributed by atoms with Crippen LogP contribution in [-0.2, 0) is 6.54 Å². The van der Waals surface area contributed by atoms with Gasteiger partial charge in [-0.25, -0.2) is 9.13 Å². The van der Waals surface area contributed by atoms with Gasteiger partial charge in [0.15, 0.2) is 0 Å². The van der Waals surface area contributed by atoms with E-state index in [0.29, 0.717) is 0 Å². The van der Waals surface area contributed by atoms with Crippen LogP contribution in [0.2, 0.25) is 0 Å². The maximum absolute atomic E-state index is 2.28. The van der Waals surface area contributed by atoms with E-state index in [2.05, 4.69) is 95.5 Å². The van der Waals surface area contributed by atoms with Gasteiger partial charge in [0.2, 0.25) is 6.33 Å². The molecular formula is C23H27N2+. The van der Waals surface area contributed by atoms with E-state index in [0.717, 1.165) is 6.54 Å². The van der Waals surface area contributed by atoms with Gasteiger partial charge in [-0.3, -0.25) is 0 Å². The third-order valence-electron chi connectivity index (χ3n) is 4.42. The Bertz CT molecular complexity index is 782. The van der Waals surface area contributed by atoms with Crippen molar-refractivity contribution in [2.45, 2.75) is 39.2 Å². The Morgan fingerprint density at radius 2 is 1.56 bits per heavy atom. The van der Waals surface area contributed by atoms with Crippen LogP contribution in [0.1, 0.15) is 43.7 Å². The third-order valence-corrected chi connectivity index (χ3v) is 4.42. The van der Waals surface area contributed by atoms with Crippen LogP contribution < -0.4 is 4.57 Å². The Hall–Kier alpha value is -2.61. The number of aromatic nitrogens is 2. The Balaban J connectivity index is 1.60. The molecule has 2 heteroatoms. The Morgan fingerprint density at radius 3 is 2.28 bits per heavy atom. The molecule has 0 atom stereocenters. The molecule has 25 heavy (non-hydrogen) atoms. The molecular weight excluding hydrogens is 304 g/mol. The van der Waals surface area contributed by atoms with Crippen LogP contribution in [0.4, 0.5) is 0 Å². The summed E-state index contributed by atoms with van der Waals surface area (Å²) in [6.07, 6.45) is 16.0. The minimum atomic E-state index is 1.10. The van der Waals surface area contributed by atoms with Gasteiger partial charge in [0.1, 0.15) is 18.1 Å². The molecule has 0 radical (unpaired) electrons. The van der Waals surface area contributed by atoms with Crippen LogP contribution in [0.5, 0.6) is 0 Å². The molecule has 0 aliphatic rings.